The van der Waals surface area contributed by atoms with E-state index in [0.29, 0.717) is 11.1 Å². The molecule has 13 heteroatoms. The molecule has 0 heterocycles. The Labute approximate surface area is 155 Å². The molecule has 1 atom stereocenters. The largest absolute Gasteiger partial charge is 0.490 e. The minimum atomic E-state index is -5.45. The summed E-state index contributed by atoms with van der Waals surface area (Å²) in [5.41, 5.74) is 1.10. The molecule has 2 aromatic carbocycles. The Bertz CT molecular complexity index is 820. The van der Waals surface area contributed by atoms with Crippen LogP contribution in [-0.4, -0.2) is 14.7 Å². The molecule has 10 nitrogen and oxygen atoms in total. The molecule has 0 aromatic heterocycles. The third kappa shape index (κ3) is 8.60. The summed E-state index contributed by atoms with van der Waals surface area (Å²) in [6, 6.07) is 16.7. The van der Waals surface area contributed by atoms with Crippen molar-refractivity contribution in [2.45, 2.75) is 13.2 Å². The Kier molecular flexibility index (Phi) is 7.68. The number of hydrogen-bond donors (Lipinski definition) is 3. The normalized spacial score (nSPS) is 14.6. The SMILES string of the molecule is O=P(O)(O)OP(=O)(O)OP(=O)(OCc1ccccc1)OCc1ccccc1. The zero-order chi connectivity index (χ0) is 20.0. The highest BCUT2D eigenvalue weighted by Gasteiger charge is 2.42. The van der Waals surface area contributed by atoms with Crippen LogP contribution in [0, 0.1) is 0 Å². The maximum atomic E-state index is 12.7. The lowest BCUT2D eigenvalue weighted by atomic mass is 10.2. The van der Waals surface area contributed by atoms with Crippen molar-refractivity contribution >= 4 is 23.5 Å². The third-order valence-corrected chi connectivity index (χ3v) is 7.07. The lowest BCUT2D eigenvalue weighted by Gasteiger charge is -2.20. The molecule has 0 radical (unpaired) electrons. The van der Waals surface area contributed by atoms with Crippen LogP contribution in [0.5, 0.6) is 0 Å². The molecular formula is C14H17O10P3. The predicted octanol–water partition coefficient (Wildman–Crippen LogP) is 3.75. The molecule has 148 valence electrons. The van der Waals surface area contributed by atoms with Crippen LogP contribution in [0.4, 0.5) is 0 Å². The van der Waals surface area contributed by atoms with Crippen molar-refractivity contribution < 1.29 is 46.0 Å². The fourth-order valence-corrected chi connectivity index (χ4v) is 5.36. The van der Waals surface area contributed by atoms with Crippen molar-refractivity contribution in [1.29, 1.82) is 0 Å². The summed E-state index contributed by atoms with van der Waals surface area (Å²) in [6.07, 6.45) is 0. The van der Waals surface area contributed by atoms with Gasteiger partial charge in [0.25, 0.3) is 0 Å². The van der Waals surface area contributed by atoms with Crippen molar-refractivity contribution in [3.8, 4) is 0 Å². The van der Waals surface area contributed by atoms with Gasteiger partial charge in [-0.2, -0.15) is 8.62 Å². The highest BCUT2D eigenvalue weighted by atomic mass is 31.3. The van der Waals surface area contributed by atoms with Gasteiger partial charge in [0.2, 0.25) is 0 Å². The van der Waals surface area contributed by atoms with Gasteiger partial charge < -0.3 is 14.7 Å². The monoisotopic (exact) mass is 438 g/mol. The van der Waals surface area contributed by atoms with Gasteiger partial charge in [-0.1, -0.05) is 60.7 Å². The maximum Gasteiger partial charge on any atom is 0.490 e. The molecule has 2 rings (SSSR count). The van der Waals surface area contributed by atoms with Crippen LogP contribution in [0.25, 0.3) is 0 Å². The van der Waals surface area contributed by atoms with E-state index in [1.54, 1.807) is 60.7 Å². The van der Waals surface area contributed by atoms with E-state index < -0.39 is 23.5 Å². The van der Waals surface area contributed by atoms with Crippen molar-refractivity contribution in [3.05, 3.63) is 71.8 Å². The number of rotatable bonds is 10. The third-order valence-electron chi connectivity index (χ3n) is 2.88. The van der Waals surface area contributed by atoms with Gasteiger partial charge in [-0.3, -0.25) is 9.05 Å². The summed E-state index contributed by atoms with van der Waals surface area (Å²) in [5, 5.41) is 0. The Hall–Kier alpha value is -1.15. The molecule has 0 fully saturated rings. The first-order valence-electron chi connectivity index (χ1n) is 7.35. The van der Waals surface area contributed by atoms with Gasteiger partial charge >= 0.3 is 23.5 Å². The first kappa shape index (κ1) is 22.1. The number of phosphoric ester groups is 1. The van der Waals surface area contributed by atoms with Crippen LogP contribution in [0.3, 0.4) is 0 Å². The summed E-state index contributed by atoms with van der Waals surface area (Å²) in [6.45, 7) is -0.633. The van der Waals surface area contributed by atoms with Gasteiger partial charge in [0, 0.05) is 0 Å². The molecule has 0 saturated heterocycles. The second kappa shape index (κ2) is 9.37. The topological polar surface area (TPSA) is 149 Å². The van der Waals surface area contributed by atoms with Gasteiger partial charge in [0.1, 0.15) is 0 Å². The molecule has 3 N–H and O–H groups in total. The second-order valence-electron chi connectivity index (χ2n) is 5.09. The summed E-state index contributed by atoms with van der Waals surface area (Å²) >= 11 is 0. The van der Waals surface area contributed by atoms with Crippen LogP contribution >= 0.6 is 23.5 Å². The first-order chi connectivity index (χ1) is 12.6. The minimum absolute atomic E-state index is 0.317. The molecule has 2 aromatic rings. The van der Waals surface area contributed by atoms with E-state index in [0.717, 1.165) is 0 Å². The van der Waals surface area contributed by atoms with Gasteiger partial charge in [0.05, 0.1) is 13.2 Å². The van der Waals surface area contributed by atoms with Gasteiger partial charge in [-0.05, 0) is 11.1 Å². The predicted molar refractivity (Wildman–Crippen MR) is 94.1 cm³/mol. The van der Waals surface area contributed by atoms with E-state index in [2.05, 4.69) is 8.62 Å². The molecule has 0 aliphatic carbocycles. The summed E-state index contributed by atoms with van der Waals surface area (Å²) in [5.74, 6) is 0. The van der Waals surface area contributed by atoms with E-state index in [1.807, 2.05) is 0 Å². The van der Waals surface area contributed by atoms with E-state index in [1.165, 1.54) is 0 Å². The fourth-order valence-electron chi connectivity index (χ4n) is 1.82. The summed E-state index contributed by atoms with van der Waals surface area (Å²) in [7, 11) is -15.6. The molecule has 0 bridgehead atoms. The van der Waals surface area contributed by atoms with Crippen LogP contribution in [0.1, 0.15) is 11.1 Å². The number of phosphoric acid groups is 3. The number of hydrogen-bond acceptors (Lipinski definition) is 7. The Morgan fingerprint density at radius 2 is 1.07 bits per heavy atom. The lowest BCUT2D eigenvalue weighted by molar-refractivity contribution is 0.127. The van der Waals surface area contributed by atoms with Crippen molar-refractivity contribution in [2.75, 3.05) is 0 Å². The Balaban J connectivity index is 2.14. The van der Waals surface area contributed by atoms with Crippen LogP contribution in [0.15, 0.2) is 60.7 Å². The molecule has 1 unspecified atom stereocenters. The molecule has 0 saturated carbocycles. The average Bonchev–Trinajstić information content (AvgIpc) is 2.58. The minimum Gasteiger partial charge on any atom is -0.302 e. The first-order valence-corrected chi connectivity index (χ1v) is 11.8. The van der Waals surface area contributed by atoms with E-state index >= 15 is 0 Å². The van der Waals surface area contributed by atoms with Crippen molar-refractivity contribution in [2.24, 2.45) is 0 Å². The average molecular weight is 438 g/mol. The molecule has 0 spiro atoms. The summed E-state index contributed by atoms with van der Waals surface area (Å²) in [4.78, 5) is 26.8. The van der Waals surface area contributed by atoms with E-state index in [4.69, 9.17) is 18.8 Å². The molecular weight excluding hydrogens is 421 g/mol. The standard InChI is InChI=1S/C14H17O10P3/c15-25(16,17)23-26(18,19)24-27(20,21-11-13-7-3-1-4-8-13)22-12-14-9-5-2-6-10-14/h1-10H,11-12H2,(H,18,19)(H2,15,16,17). The summed E-state index contributed by atoms with van der Waals surface area (Å²) < 4.78 is 53.3. The lowest BCUT2D eigenvalue weighted by Crippen LogP contribution is -2.02. The van der Waals surface area contributed by atoms with Crippen molar-refractivity contribution in [3.63, 3.8) is 0 Å². The highest BCUT2D eigenvalue weighted by molar-refractivity contribution is 7.66. The molecule has 0 aliphatic heterocycles. The van der Waals surface area contributed by atoms with Gasteiger partial charge in [-0.15, -0.1) is 0 Å². The van der Waals surface area contributed by atoms with E-state index in [9.17, 15) is 18.6 Å². The van der Waals surface area contributed by atoms with Crippen LogP contribution in [0.2, 0.25) is 0 Å². The zero-order valence-electron chi connectivity index (χ0n) is 13.7. The fraction of sp³-hybridized carbons (Fsp3) is 0.143. The molecule has 0 aliphatic rings. The van der Waals surface area contributed by atoms with Gasteiger partial charge in [0.15, 0.2) is 0 Å². The molecule has 27 heavy (non-hydrogen) atoms. The van der Waals surface area contributed by atoms with Crippen LogP contribution in [-0.2, 0) is 44.6 Å². The van der Waals surface area contributed by atoms with Gasteiger partial charge in [-0.25, -0.2) is 13.7 Å². The highest BCUT2D eigenvalue weighted by Crippen LogP contribution is 2.68. The Morgan fingerprint density at radius 3 is 1.44 bits per heavy atom. The quantitative estimate of drug-likeness (QED) is 0.468. The zero-order valence-corrected chi connectivity index (χ0v) is 16.4. The second-order valence-corrected chi connectivity index (χ2v) is 9.72. The maximum absolute atomic E-state index is 12.7. The number of benzene rings is 2. The Morgan fingerprint density at radius 1 is 0.667 bits per heavy atom. The van der Waals surface area contributed by atoms with Crippen molar-refractivity contribution in [1.82, 2.24) is 0 Å². The van der Waals surface area contributed by atoms with Crippen LogP contribution < -0.4 is 0 Å². The smallest absolute Gasteiger partial charge is 0.302 e. The van der Waals surface area contributed by atoms with E-state index in [-0.39, 0.29) is 13.2 Å². The molecule has 0 amide bonds.